The molecule has 0 unspecified atom stereocenters. The van der Waals surface area contributed by atoms with Gasteiger partial charge < -0.3 is 15.0 Å². The van der Waals surface area contributed by atoms with E-state index in [0.717, 1.165) is 16.8 Å². The van der Waals surface area contributed by atoms with Crippen LogP contribution in [0.15, 0.2) is 47.4 Å². The van der Waals surface area contributed by atoms with Gasteiger partial charge in [-0.25, -0.2) is 13.2 Å². The molecule has 2 aliphatic heterocycles. The Morgan fingerprint density at radius 3 is 2.56 bits per heavy atom. The fourth-order valence-corrected chi connectivity index (χ4v) is 6.16. The Bertz CT molecular complexity index is 1210. The van der Waals surface area contributed by atoms with Crippen LogP contribution >= 0.6 is 11.6 Å². The van der Waals surface area contributed by atoms with Crippen molar-refractivity contribution >= 4 is 45.0 Å². The molecule has 1 fully saturated rings. The summed E-state index contributed by atoms with van der Waals surface area (Å²) in [5, 5.41) is 2.72. The molecule has 0 spiro atoms. The van der Waals surface area contributed by atoms with E-state index in [4.69, 9.17) is 16.3 Å². The number of amides is 2. The number of rotatable bonds is 8. The van der Waals surface area contributed by atoms with Gasteiger partial charge in [0, 0.05) is 56.5 Å². The molecule has 4 rings (SSSR count). The molecule has 1 N–H and O–H groups in total. The van der Waals surface area contributed by atoms with Crippen molar-refractivity contribution in [2.45, 2.75) is 30.5 Å². The molecule has 0 aromatic heterocycles. The number of piperazine rings is 1. The predicted octanol–water partition coefficient (Wildman–Crippen LogP) is 2.96. The smallest absolute Gasteiger partial charge is 0.321 e. The number of carbonyl (C=O) groups excluding carboxylic acids is 2. The quantitative estimate of drug-likeness (QED) is 0.413. The van der Waals surface area contributed by atoms with Crippen LogP contribution in [0.3, 0.4) is 0 Å². The van der Waals surface area contributed by atoms with Gasteiger partial charge in [-0.15, -0.1) is 11.6 Å². The predicted molar refractivity (Wildman–Crippen MR) is 139 cm³/mol. The monoisotopic (exact) mass is 534 g/mol. The second kappa shape index (κ2) is 11.5. The standard InChI is InChI=1S/C25H31ClN4O5S/c1-2-35-24(31)8-10-27-25(32)30-11-9-20-17-22(6-7-23(20)30)36(33,34)29-14-12-28(13-15-29)21-5-3-4-19(16-21)18-26/h3-7,16-17H,2,8-15,18H2,1H3,(H,27,32). The minimum Gasteiger partial charge on any atom is -0.466 e. The molecule has 2 amide bonds. The number of nitrogens with zero attached hydrogens (tertiary/aromatic N) is 3. The summed E-state index contributed by atoms with van der Waals surface area (Å²) in [6, 6.07) is 12.6. The first-order chi connectivity index (χ1) is 17.3. The van der Waals surface area contributed by atoms with Crippen LogP contribution < -0.4 is 15.1 Å². The highest BCUT2D eigenvalue weighted by Crippen LogP contribution is 2.31. The number of ether oxygens (including phenoxy) is 1. The third kappa shape index (κ3) is 5.77. The molecule has 0 bridgehead atoms. The van der Waals surface area contributed by atoms with Crippen LogP contribution in [0.2, 0.25) is 0 Å². The van der Waals surface area contributed by atoms with Gasteiger partial charge in [-0.3, -0.25) is 9.69 Å². The summed E-state index contributed by atoms with van der Waals surface area (Å²) in [6.45, 7) is 4.62. The van der Waals surface area contributed by atoms with Crippen LogP contribution in [-0.4, -0.2) is 70.6 Å². The van der Waals surface area contributed by atoms with Gasteiger partial charge in [0.2, 0.25) is 10.0 Å². The molecule has 0 atom stereocenters. The number of fused-ring (bicyclic) bond motifs is 1. The Morgan fingerprint density at radius 1 is 1.06 bits per heavy atom. The van der Waals surface area contributed by atoms with Crippen LogP contribution in [0.25, 0.3) is 0 Å². The summed E-state index contributed by atoms with van der Waals surface area (Å²) in [5.74, 6) is 0.0757. The molecule has 11 heteroatoms. The van der Waals surface area contributed by atoms with Gasteiger partial charge in [0.1, 0.15) is 0 Å². The molecule has 1 saturated heterocycles. The molecule has 9 nitrogen and oxygen atoms in total. The van der Waals surface area contributed by atoms with Crippen LogP contribution in [-0.2, 0) is 31.9 Å². The highest BCUT2D eigenvalue weighted by atomic mass is 35.5. The maximum absolute atomic E-state index is 13.4. The second-order valence-corrected chi connectivity index (χ2v) is 10.9. The van der Waals surface area contributed by atoms with E-state index >= 15 is 0 Å². The van der Waals surface area contributed by atoms with E-state index in [9.17, 15) is 18.0 Å². The van der Waals surface area contributed by atoms with Crippen LogP contribution in [0.1, 0.15) is 24.5 Å². The minimum absolute atomic E-state index is 0.100. The number of anilines is 2. The Morgan fingerprint density at radius 2 is 1.83 bits per heavy atom. The zero-order valence-corrected chi connectivity index (χ0v) is 21.9. The first-order valence-corrected chi connectivity index (χ1v) is 14.0. The average Bonchev–Trinajstić information content (AvgIpc) is 3.32. The van der Waals surface area contributed by atoms with Crippen molar-refractivity contribution in [2.75, 3.05) is 55.7 Å². The van der Waals surface area contributed by atoms with E-state index in [1.807, 2.05) is 24.3 Å². The first kappa shape index (κ1) is 26.2. The lowest BCUT2D eigenvalue weighted by atomic mass is 10.2. The zero-order valence-electron chi connectivity index (χ0n) is 20.3. The summed E-state index contributed by atoms with van der Waals surface area (Å²) >= 11 is 5.95. The number of alkyl halides is 1. The van der Waals surface area contributed by atoms with Gasteiger partial charge in [-0.1, -0.05) is 12.1 Å². The van der Waals surface area contributed by atoms with Gasteiger partial charge in [0.05, 0.1) is 17.9 Å². The molecular formula is C25H31ClN4O5S. The van der Waals surface area contributed by atoms with E-state index in [1.165, 1.54) is 4.31 Å². The lowest BCUT2D eigenvalue weighted by molar-refractivity contribution is -0.142. The lowest BCUT2D eigenvalue weighted by Gasteiger charge is -2.35. The number of benzene rings is 2. The van der Waals surface area contributed by atoms with Gasteiger partial charge in [-0.05, 0) is 54.8 Å². The number of nitrogens with one attached hydrogen (secondary N) is 1. The van der Waals surface area contributed by atoms with Crippen molar-refractivity contribution in [3.63, 3.8) is 0 Å². The average molecular weight is 535 g/mol. The molecule has 2 aromatic rings. The first-order valence-electron chi connectivity index (χ1n) is 12.1. The lowest BCUT2D eigenvalue weighted by Crippen LogP contribution is -2.48. The number of halogens is 1. The number of hydrogen-bond donors (Lipinski definition) is 1. The van der Waals surface area contributed by atoms with Gasteiger partial charge in [0.25, 0.3) is 0 Å². The molecule has 36 heavy (non-hydrogen) atoms. The fourth-order valence-electron chi connectivity index (χ4n) is 4.52. The molecule has 0 radical (unpaired) electrons. The summed E-state index contributed by atoms with van der Waals surface area (Å²) in [6.07, 6.45) is 0.664. The SMILES string of the molecule is CCOC(=O)CCNC(=O)N1CCc2cc(S(=O)(=O)N3CCN(c4cccc(CCl)c4)CC3)ccc21. The number of hydrogen-bond acceptors (Lipinski definition) is 6. The third-order valence-corrected chi connectivity index (χ3v) is 8.61. The zero-order chi connectivity index (χ0) is 25.7. The molecule has 2 heterocycles. The van der Waals surface area contributed by atoms with Gasteiger partial charge in [0.15, 0.2) is 0 Å². The summed E-state index contributed by atoms with van der Waals surface area (Å²) < 4.78 is 33.1. The van der Waals surface area contributed by atoms with Crippen LogP contribution in [0.5, 0.6) is 0 Å². The molecule has 2 aromatic carbocycles. The van der Waals surface area contributed by atoms with E-state index < -0.39 is 10.0 Å². The Labute approximate surface area is 217 Å². The van der Waals surface area contributed by atoms with Crippen molar-refractivity contribution in [1.82, 2.24) is 9.62 Å². The molecule has 194 valence electrons. The number of urea groups is 1. The van der Waals surface area contributed by atoms with Crippen LogP contribution in [0, 0.1) is 0 Å². The van der Waals surface area contributed by atoms with Gasteiger partial charge in [-0.2, -0.15) is 4.31 Å². The number of esters is 1. The molecule has 0 saturated carbocycles. The largest absolute Gasteiger partial charge is 0.466 e. The van der Waals surface area contributed by atoms with Crippen molar-refractivity contribution in [3.05, 3.63) is 53.6 Å². The molecular weight excluding hydrogens is 504 g/mol. The van der Waals surface area contributed by atoms with E-state index in [0.29, 0.717) is 57.3 Å². The molecule has 2 aliphatic rings. The van der Waals surface area contributed by atoms with Crippen molar-refractivity contribution < 1.29 is 22.7 Å². The van der Waals surface area contributed by atoms with E-state index in [2.05, 4.69) is 10.2 Å². The van der Waals surface area contributed by atoms with Gasteiger partial charge >= 0.3 is 12.0 Å². The Balaban J connectivity index is 1.38. The van der Waals surface area contributed by atoms with E-state index in [1.54, 1.807) is 30.0 Å². The highest BCUT2D eigenvalue weighted by Gasteiger charge is 2.31. The third-order valence-electron chi connectivity index (χ3n) is 6.41. The summed E-state index contributed by atoms with van der Waals surface area (Å²) in [5.41, 5.74) is 3.58. The maximum atomic E-state index is 13.4. The topological polar surface area (TPSA) is 99.3 Å². The highest BCUT2D eigenvalue weighted by molar-refractivity contribution is 7.89. The Kier molecular flexibility index (Phi) is 8.38. The second-order valence-electron chi connectivity index (χ2n) is 8.67. The number of carbonyl (C=O) groups is 2. The minimum atomic E-state index is -3.65. The fraction of sp³-hybridized carbons (Fsp3) is 0.440. The van der Waals surface area contributed by atoms with Crippen molar-refractivity contribution in [2.24, 2.45) is 0 Å². The Hall–Kier alpha value is -2.82. The normalized spacial score (nSPS) is 16.1. The number of sulfonamides is 1. The van der Waals surface area contributed by atoms with Crippen molar-refractivity contribution in [3.8, 4) is 0 Å². The van der Waals surface area contributed by atoms with E-state index in [-0.39, 0.29) is 29.9 Å². The maximum Gasteiger partial charge on any atom is 0.321 e. The summed E-state index contributed by atoms with van der Waals surface area (Å²) in [7, 11) is -3.65. The van der Waals surface area contributed by atoms with Crippen molar-refractivity contribution in [1.29, 1.82) is 0 Å². The summed E-state index contributed by atoms with van der Waals surface area (Å²) in [4.78, 5) is 28.0. The van der Waals surface area contributed by atoms with Crippen LogP contribution in [0.4, 0.5) is 16.2 Å². The molecule has 0 aliphatic carbocycles.